The van der Waals surface area contributed by atoms with Crippen molar-refractivity contribution in [2.75, 3.05) is 32.1 Å². The summed E-state index contributed by atoms with van der Waals surface area (Å²) in [6, 6.07) is 13.4. The quantitative estimate of drug-likeness (QED) is 0.713. The molecule has 28 heavy (non-hydrogen) atoms. The zero-order chi connectivity index (χ0) is 19.9. The molecule has 0 aromatic heterocycles. The zero-order valence-corrected chi connectivity index (χ0v) is 17.2. The van der Waals surface area contributed by atoms with Crippen LogP contribution in [-0.2, 0) is 11.2 Å². The van der Waals surface area contributed by atoms with Gasteiger partial charge in [-0.2, -0.15) is 0 Å². The van der Waals surface area contributed by atoms with Gasteiger partial charge >= 0.3 is 0 Å². The largest absolute Gasteiger partial charge is 0.493 e. The molecule has 0 radical (unpaired) electrons. The summed E-state index contributed by atoms with van der Waals surface area (Å²) in [5.41, 5.74) is 2.84. The van der Waals surface area contributed by atoms with Gasteiger partial charge in [-0.15, -0.1) is 0 Å². The summed E-state index contributed by atoms with van der Waals surface area (Å²) in [6.45, 7) is 3.96. The molecular weight excluding hydrogens is 372 g/mol. The summed E-state index contributed by atoms with van der Waals surface area (Å²) >= 11 is 5.60. The standard InChI is InChI=1S/C22H26N2O3S/c1-3-16-8-4-5-9-18(16)23-21(25)15-27-19-11-10-17(14-20(19)26-2)22(28)24-12-6-7-13-24/h4-5,8-11,14H,3,6-7,12-13,15H2,1-2H3,(H,23,25). The topological polar surface area (TPSA) is 50.8 Å². The number of benzene rings is 2. The molecule has 1 fully saturated rings. The van der Waals surface area contributed by atoms with Crippen molar-refractivity contribution in [3.8, 4) is 11.5 Å². The second kappa shape index (κ2) is 9.55. The number of thiocarbonyl (C=S) groups is 1. The number of nitrogens with zero attached hydrogens (tertiary/aromatic N) is 1. The van der Waals surface area contributed by atoms with Gasteiger partial charge in [0, 0.05) is 24.3 Å². The summed E-state index contributed by atoms with van der Waals surface area (Å²) in [6.07, 6.45) is 3.20. The maximum atomic E-state index is 12.3. The van der Waals surface area contributed by atoms with Crippen molar-refractivity contribution in [3.05, 3.63) is 53.6 Å². The van der Waals surface area contributed by atoms with Crippen molar-refractivity contribution in [2.45, 2.75) is 26.2 Å². The predicted molar refractivity (Wildman–Crippen MR) is 115 cm³/mol. The fourth-order valence-electron chi connectivity index (χ4n) is 3.30. The molecule has 1 N–H and O–H groups in total. The number of nitrogens with one attached hydrogen (secondary N) is 1. The Labute approximate surface area is 171 Å². The van der Waals surface area contributed by atoms with E-state index < -0.39 is 0 Å². The van der Waals surface area contributed by atoms with Crippen LogP contribution < -0.4 is 14.8 Å². The van der Waals surface area contributed by atoms with Crippen LogP contribution in [0.4, 0.5) is 5.69 Å². The van der Waals surface area contributed by atoms with Crippen LogP contribution in [0.25, 0.3) is 0 Å². The number of hydrogen-bond donors (Lipinski definition) is 1. The Hall–Kier alpha value is -2.60. The highest BCUT2D eigenvalue weighted by atomic mass is 32.1. The second-order valence-electron chi connectivity index (χ2n) is 6.71. The van der Waals surface area contributed by atoms with Gasteiger partial charge in [-0.25, -0.2) is 0 Å². The van der Waals surface area contributed by atoms with Crippen LogP contribution in [0.5, 0.6) is 11.5 Å². The van der Waals surface area contributed by atoms with Gasteiger partial charge in [-0.05, 0) is 49.1 Å². The highest BCUT2D eigenvalue weighted by Gasteiger charge is 2.18. The van der Waals surface area contributed by atoms with Gasteiger partial charge in [0.1, 0.15) is 4.99 Å². The average Bonchev–Trinajstić information content (AvgIpc) is 3.27. The maximum absolute atomic E-state index is 12.3. The van der Waals surface area contributed by atoms with E-state index in [9.17, 15) is 4.79 Å². The molecule has 5 nitrogen and oxygen atoms in total. The van der Waals surface area contributed by atoms with Crippen molar-refractivity contribution in [1.29, 1.82) is 0 Å². The third-order valence-electron chi connectivity index (χ3n) is 4.83. The molecule has 1 saturated heterocycles. The van der Waals surface area contributed by atoms with Crippen molar-refractivity contribution < 1.29 is 14.3 Å². The van der Waals surface area contributed by atoms with Gasteiger partial charge in [0.05, 0.1) is 7.11 Å². The Morgan fingerprint density at radius 2 is 1.89 bits per heavy atom. The number of methoxy groups -OCH3 is 1. The first-order chi connectivity index (χ1) is 13.6. The lowest BCUT2D eigenvalue weighted by Gasteiger charge is -2.19. The highest BCUT2D eigenvalue weighted by Crippen LogP contribution is 2.29. The Bertz CT molecular complexity index is 847. The first-order valence-corrected chi connectivity index (χ1v) is 10.0. The van der Waals surface area contributed by atoms with Crippen LogP contribution in [0.3, 0.4) is 0 Å². The minimum absolute atomic E-state index is 0.0929. The maximum Gasteiger partial charge on any atom is 0.262 e. The molecule has 1 aliphatic heterocycles. The van der Waals surface area contributed by atoms with Gasteiger partial charge in [-0.1, -0.05) is 37.3 Å². The number of ether oxygens (including phenoxy) is 2. The smallest absolute Gasteiger partial charge is 0.262 e. The van der Waals surface area contributed by atoms with Crippen LogP contribution in [0, 0.1) is 0 Å². The lowest BCUT2D eigenvalue weighted by molar-refractivity contribution is -0.118. The lowest BCUT2D eigenvalue weighted by Crippen LogP contribution is -2.26. The number of anilines is 1. The van der Waals surface area contributed by atoms with Crippen molar-refractivity contribution in [1.82, 2.24) is 4.90 Å². The van der Waals surface area contributed by atoms with Gasteiger partial charge in [-0.3, -0.25) is 4.79 Å². The van der Waals surface area contributed by atoms with E-state index in [2.05, 4.69) is 17.1 Å². The fourth-order valence-corrected chi connectivity index (χ4v) is 3.61. The third kappa shape index (κ3) is 4.81. The SMILES string of the molecule is CCc1ccccc1NC(=O)COc1ccc(C(=S)N2CCCC2)cc1OC. The van der Waals surface area contributed by atoms with E-state index in [1.54, 1.807) is 7.11 Å². The lowest BCUT2D eigenvalue weighted by atomic mass is 10.1. The Morgan fingerprint density at radius 3 is 2.61 bits per heavy atom. The zero-order valence-electron chi connectivity index (χ0n) is 16.4. The highest BCUT2D eigenvalue weighted by molar-refractivity contribution is 7.80. The minimum Gasteiger partial charge on any atom is -0.493 e. The summed E-state index contributed by atoms with van der Waals surface area (Å²) in [4.78, 5) is 15.3. The van der Waals surface area contributed by atoms with Crippen LogP contribution in [0.1, 0.15) is 30.9 Å². The number of carbonyl (C=O) groups is 1. The van der Waals surface area contributed by atoms with Gasteiger partial charge in [0.15, 0.2) is 18.1 Å². The van der Waals surface area contributed by atoms with Crippen LogP contribution in [0.15, 0.2) is 42.5 Å². The van der Waals surface area contributed by atoms with Gasteiger partial charge in [0.2, 0.25) is 0 Å². The molecule has 0 saturated carbocycles. The molecule has 0 unspecified atom stereocenters. The molecule has 1 amide bonds. The molecule has 1 heterocycles. The second-order valence-corrected chi connectivity index (χ2v) is 7.10. The molecule has 0 spiro atoms. The van der Waals surface area contributed by atoms with Crippen LogP contribution in [-0.4, -0.2) is 42.6 Å². The molecule has 0 atom stereocenters. The normalized spacial score (nSPS) is 13.3. The van der Waals surface area contributed by atoms with Crippen molar-refractivity contribution >= 4 is 28.8 Å². The molecule has 2 aromatic rings. The van der Waals surface area contributed by atoms with Gasteiger partial charge < -0.3 is 19.7 Å². The Balaban J connectivity index is 1.63. The van der Waals surface area contributed by atoms with E-state index in [1.807, 2.05) is 42.5 Å². The summed E-state index contributed by atoms with van der Waals surface area (Å²) in [7, 11) is 1.59. The molecule has 6 heteroatoms. The van der Waals surface area contributed by atoms with E-state index in [0.29, 0.717) is 11.5 Å². The number of para-hydroxylation sites is 1. The van der Waals surface area contributed by atoms with E-state index in [0.717, 1.165) is 41.3 Å². The number of amides is 1. The van der Waals surface area contributed by atoms with E-state index in [4.69, 9.17) is 21.7 Å². The van der Waals surface area contributed by atoms with E-state index in [-0.39, 0.29) is 12.5 Å². The van der Waals surface area contributed by atoms with Gasteiger partial charge in [0.25, 0.3) is 5.91 Å². The Kier molecular flexibility index (Phi) is 6.87. The van der Waals surface area contributed by atoms with Crippen molar-refractivity contribution in [2.24, 2.45) is 0 Å². The van der Waals surface area contributed by atoms with E-state index >= 15 is 0 Å². The molecule has 3 rings (SSSR count). The monoisotopic (exact) mass is 398 g/mol. The average molecular weight is 399 g/mol. The number of hydrogen-bond acceptors (Lipinski definition) is 4. The number of aryl methyl sites for hydroxylation is 1. The summed E-state index contributed by atoms with van der Waals surface area (Å²) < 4.78 is 11.2. The Morgan fingerprint density at radius 1 is 1.14 bits per heavy atom. The first-order valence-electron chi connectivity index (χ1n) is 9.60. The summed E-state index contributed by atoms with van der Waals surface area (Å²) in [5.74, 6) is 0.884. The number of likely N-dealkylation sites (tertiary alicyclic amines) is 1. The van der Waals surface area contributed by atoms with E-state index in [1.165, 1.54) is 12.8 Å². The molecule has 0 bridgehead atoms. The number of carbonyl (C=O) groups excluding carboxylic acids is 1. The van der Waals surface area contributed by atoms with Crippen LogP contribution >= 0.6 is 12.2 Å². The fraction of sp³-hybridized carbons (Fsp3) is 0.364. The summed E-state index contributed by atoms with van der Waals surface area (Å²) in [5, 5.41) is 2.90. The molecule has 148 valence electrons. The molecule has 2 aromatic carbocycles. The predicted octanol–water partition coefficient (Wildman–Crippen LogP) is 4.05. The molecule has 1 aliphatic rings. The van der Waals surface area contributed by atoms with Crippen LogP contribution in [0.2, 0.25) is 0 Å². The molecular formula is C22H26N2O3S. The third-order valence-corrected chi connectivity index (χ3v) is 5.33. The minimum atomic E-state index is -0.209. The first kappa shape index (κ1) is 20.1. The molecule has 0 aliphatic carbocycles. The number of rotatable bonds is 7. The van der Waals surface area contributed by atoms with Crippen molar-refractivity contribution in [3.63, 3.8) is 0 Å².